The molecule has 5 nitrogen and oxygen atoms in total. The number of ether oxygens (including phenoxy) is 1. The number of non-ortho nitro benzene ring substituents is 1. The highest BCUT2D eigenvalue weighted by Gasteiger charge is 2.14. The standard InChI is InChI=1S/C13H11NO4.2C2H6/c1-9(15)8-18-13-7-6-12(14(16)17)10-4-2-3-5-11(10)13;2*1-2/h2-7H,8H2,1H3;2*1-2H3. The Morgan fingerprint density at radius 1 is 1.05 bits per heavy atom. The molecule has 2 aromatic carbocycles. The molecule has 0 aromatic heterocycles. The van der Waals surface area contributed by atoms with Crippen LogP contribution in [0.4, 0.5) is 5.69 Å². The molecule has 5 heteroatoms. The van der Waals surface area contributed by atoms with Crippen molar-refractivity contribution in [2.24, 2.45) is 0 Å². The van der Waals surface area contributed by atoms with Gasteiger partial charge in [0.2, 0.25) is 0 Å². The molecule has 0 radical (unpaired) electrons. The summed E-state index contributed by atoms with van der Waals surface area (Å²) >= 11 is 0. The number of Topliss-reactive ketones (excluding diaryl/α,β-unsaturated/α-hetero) is 1. The van der Waals surface area contributed by atoms with Crippen LogP contribution < -0.4 is 4.74 Å². The van der Waals surface area contributed by atoms with Crippen molar-refractivity contribution in [1.29, 1.82) is 0 Å². The maximum atomic E-state index is 10.9. The van der Waals surface area contributed by atoms with Crippen LogP contribution in [-0.2, 0) is 4.79 Å². The summed E-state index contributed by atoms with van der Waals surface area (Å²) in [6.07, 6.45) is 0. The Hall–Kier alpha value is -2.43. The zero-order valence-corrected chi connectivity index (χ0v) is 13.8. The molecule has 0 aliphatic rings. The third-order valence-corrected chi connectivity index (χ3v) is 2.49. The summed E-state index contributed by atoms with van der Waals surface area (Å²) in [5.74, 6) is 0.379. The van der Waals surface area contributed by atoms with Crippen molar-refractivity contribution in [3.05, 3.63) is 46.5 Å². The third-order valence-electron chi connectivity index (χ3n) is 2.49. The number of carbonyl (C=O) groups excluding carboxylic acids is 1. The van der Waals surface area contributed by atoms with E-state index in [9.17, 15) is 14.9 Å². The summed E-state index contributed by atoms with van der Waals surface area (Å²) in [5.41, 5.74) is 0.0285. The quantitative estimate of drug-likeness (QED) is 0.602. The Kier molecular flexibility index (Phi) is 9.18. The van der Waals surface area contributed by atoms with Crippen LogP contribution >= 0.6 is 0 Å². The van der Waals surface area contributed by atoms with Crippen molar-refractivity contribution in [1.82, 2.24) is 0 Å². The predicted molar refractivity (Wildman–Crippen MR) is 89.5 cm³/mol. The summed E-state index contributed by atoms with van der Waals surface area (Å²) < 4.78 is 5.34. The lowest BCUT2D eigenvalue weighted by molar-refractivity contribution is -0.383. The summed E-state index contributed by atoms with van der Waals surface area (Å²) in [4.78, 5) is 21.4. The molecule has 0 N–H and O–H groups in total. The topological polar surface area (TPSA) is 69.4 Å². The second-order valence-corrected chi connectivity index (χ2v) is 3.88. The minimum absolute atomic E-state index is 0.0285. The Morgan fingerprint density at radius 2 is 1.59 bits per heavy atom. The number of rotatable bonds is 4. The van der Waals surface area contributed by atoms with E-state index in [1.807, 2.05) is 27.7 Å². The predicted octanol–water partition coefficient (Wildman–Crippen LogP) is 4.77. The van der Waals surface area contributed by atoms with Crippen LogP contribution in [0, 0.1) is 10.1 Å². The fourth-order valence-electron chi connectivity index (χ4n) is 1.72. The van der Waals surface area contributed by atoms with Gasteiger partial charge < -0.3 is 4.74 Å². The SMILES string of the molecule is CC.CC.CC(=O)COc1ccc([N+](=O)[O-])c2ccccc12. The van der Waals surface area contributed by atoms with Gasteiger partial charge >= 0.3 is 0 Å². The molecule has 0 aliphatic heterocycles. The summed E-state index contributed by atoms with van der Waals surface area (Å²) in [7, 11) is 0. The molecular formula is C17H23NO4. The van der Waals surface area contributed by atoms with Crippen molar-refractivity contribution in [2.75, 3.05) is 6.61 Å². The number of nitrogens with zero attached hydrogens (tertiary/aromatic N) is 1. The normalized spacial score (nSPS) is 8.95. The smallest absolute Gasteiger partial charge is 0.277 e. The molecular weight excluding hydrogens is 282 g/mol. The van der Waals surface area contributed by atoms with Crippen molar-refractivity contribution in [2.45, 2.75) is 34.6 Å². The first-order valence-corrected chi connectivity index (χ1v) is 7.38. The molecule has 2 rings (SSSR count). The second-order valence-electron chi connectivity index (χ2n) is 3.88. The fourth-order valence-corrected chi connectivity index (χ4v) is 1.72. The van der Waals surface area contributed by atoms with E-state index in [1.54, 1.807) is 24.3 Å². The molecule has 0 heterocycles. The molecule has 0 spiro atoms. The Morgan fingerprint density at radius 3 is 2.09 bits per heavy atom. The number of hydrogen-bond acceptors (Lipinski definition) is 4. The molecule has 0 aliphatic carbocycles. The second kappa shape index (κ2) is 10.3. The highest BCUT2D eigenvalue weighted by atomic mass is 16.6. The molecule has 0 bridgehead atoms. The van der Waals surface area contributed by atoms with E-state index in [2.05, 4.69) is 0 Å². The zero-order chi connectivity index (χ0) is 17.1. The van der Waals surface area contributed by atoms with E-state index in [-0.39, 0.29) is 18.1 Å². The number of hydrogen-bond donors (Lipinski definition) is 0. The van der Waals surface area contributed by atoms with Crippen molar-refractivity contribution in [3.63, 3.8) is 0 Å². The summed E-state index contributed by atoms with van der Waals surface area (Å²) in [5, 5.41) is 12.0. The first kappa shape index (κ1) is 19.6. The average molecular weight is 305 g/mol. The van der Waals surface area contributed by atoms with E-state index < -0.39 is 4.92 Å². The zero-order valence-electron chi connectivity index (χ0n) is 13.8. The molecule has 0 fully saturated rings. The van der Waals surface area contributed by atoms with E-state index in [4.69, 9.17) is 4.74 Å². The molecule has 0 saturated carbocycles. The molecule has 0 unspecified atom stereocenters. The van der Waals surface area contributed by atoms with Gasteiger partial charge in [0.25, 0.3) is 5.69 Å². The first-order chi connectivity index (χ1) is 10.6. The van der Waals surface area contributed by atoms with Crippen molar-refractivity contribution in [3.8, 4) is 5.75 Å². The van der Waals surface area contributed by atoms with Gasteiger partial charge in [-0.2, -0.15) is 0 Å². The van der Waals surface area contributed by atoms with Gasteiger partial charge in [0.15, 0.2) is 5.78 Å². The van der Waals surface area contributed by atoms with Gasteiger partial charge in [0, 0.05) is 11.5 Å². The summed E-state index contributed by atoms with van der Waals surface area (Å²) in [6, 6.07) is 9.80. The molecule has 0 atom stereocenters. The Bertz CT molecular complexity index is 623. The monoisotopic (exact) mass is 305 g/mol. The van der Waals surface area contributed by atoms with Crippen molar-refractivity contribution >= 4 is 22.2 Å². The van der Waals surface area contributed by atoms with Crippen molar-refractivity contribution < 1.29 is 14.5 Å². The molecule has 2 aromatic rings. The Labute approximate surface area is 131 Å². The van der Waals surface area contributed by atoms with E-state index in [0.717, 1.165) is 0 Å². The maximum Gasteiger partial charge on any atom is 0.277 e. The third kappa shape index (κ3) is 5.16. The molecule has 0 amide bonds. The maximum absolute atomic E-state index is 10.9. The number of benzene rings is 2. The van der Waals surface area contributed by atoms with Gasteiger partial charge in [-0.3, -0.25) is 14.9 Å². The van der Waals surface area contributed by atoms with E-state index in [0.29, 0.717) is 16.5 Å². The molecule has 120 valence electrons. The number of carbonyl (C=O) groups is 1. The number of nitro groups is 1. The van der Waals surface area contributed by atoms with Crippen LogP contribution in [0.2, 0.25) is 0 Å². The lowest BCUT2D eigenvalue weighted by Crippen LogP contribution is -2.06. The van der Waals surface area contributed by atoms with Crippen LogP contribution in [0.5, 0.6) is 5.75 Å². The van der Waals surface area contributed by atoms with Crippen LogP contribution in [0.3, 0.4) is 0 Å². The highest BCUT2D eigenvalue weighted by Crippen LogP contribution is 2.32. The number of ketones is 1. The van der Waals surface area contributed by atoms with E-state index in [1.165, 1.54) is 19.1 Å². The fraction of sp³-hybridized carbons (Fsp3) is 0.353. The van der Waals surface area contributed by atoms with Gasteiger partial charge in [-0.05, 0) is 19.1 Å². The van der Waals surface area contributed by atoms with Crippen LogP contribution in [0.15, 0.2) is 36.4 Å². The lowest BCUT2D eigenvalue weighted by Gasteiger charge is -2.08. The largest absolute Gasteiger partial charge is 0.485 e. The minimum Gasteiger partial charge on any atom is -0.485 e. The van der Waals surface area contributed by atoms with Crippen LogP contribution in [0.1, 0.15) is 34.6 Å². The molecule has 0 saturated heterocycles. The van der Waals surface area contributed by atoms with Gasteiger partial charge in [-0.15, -0.1) is 0 Å². The number of nitro benzene ring substituents is 1. The van der Waals surface area contributed by atoms with Gasteiger partial charge in [-0.25, -0.2) is 0 Å². The van der Waals surface area contributed by atoms with Gasteiger partial charge in [-0.1, -0.05) is 45.9 Å². The minimum atomic E-state index is -0.433. The highest BCUT2D eigenvalue weighted by molar-refractivity contribution is 5.95. The lowest BCUT2D eigenvalue weighted by atomic mass is 10.1. The first-order valence-electron chi connectivity index (χ1n) is 7.38. The molecule has 22 heavy (non-hydrogen) atoms. The van der Waals surface area contributed by atoms with Crippen LogP contribution in [-0.4, -0.2) is 17.3 Å². The Balaban J connectivity index is 0.00000102. The van der Waals surface area contributed by atoms with E-state index >= 15 is 0 Å². The van der Waals surface area contributed by atoms with Gasteiger partial charge in [0.05, 0.1) is 10.3 Å². The van der Waals surface area contributed by atoms with Crippen LogP contribution in [0.25, 0.3) is 10.8 Å². The number of fused-ring (bicyclic) bond motifs is 1. The van der Waals surface area contributed by atoms with Gasteiger partial charge in [0.1, 0.15) is 12.4 Å². The summed E-state index contributed by atoms with van der Waals surface area (Å²) in [6.45, 7) is 9.38. The average Bonchev–Trinajstić information content (AvgIpc) is 2.56.